The zero-order chi connectivity index (χ0) is 68.2. The molecule has 19 heteroatoms. The summed E-state index contributed by atoms with van der Waals surface area (Å²) in [6, 6.07) is -0.914. The van der Waals surface area contributed by atoms with E-state index in [4.69, 9.17) is 28.4 Å². The molecule has 3 fully saturated rings. The molecule has 0 saturated carbocycles. The zero-order valence-electron chi connectivity index (χ0n) is 56.6. The lowest BCUT2D eigenvalue weighted by Crippen LogP contribution is -2.66. The molecule has 0 aliphatic carbocycles. The zero-order valence-corrected chi connectivity index (χ0v) is 56.6. The highest BCUT2D eigenvalue weighted by Gasteiger charge is 2.53. The maximum Gasteiger partial charge on any atom is 0.220 e. The van der Waals surface area contributed by atoms with E-state index in [9.17, 15) is 61.0 Å². The van der Waals surface area contributed by atoms with Crippen LogP contribution in [0.5, 0.6) is 0 Å². The van der Waals surface area contributed by atoms with E-state index in [1.807, 2.05) is 0 Å². The summed E-state index contributed by atoms with van der Waals surface area (Å²) in [6.07, 6.45) is 49.7. The van der Waals surface area contributed by atoms with Crippen LogP contribution in [0, 0.1) is 0 Å². The van der Waals surface area contributed by atoms with Crippen LogP contribution >= 0.6 is 0 Å². The van der Waals surface area contributed by atoms with Crippen LogP contribution in [0.2, 0.25) is 0 Å². The lowest BCUT2D eigenvalue weighted by molar-refractivity contribution is -0.379. The molecule has 0 aromatic carbocycles. The fourth-order valence-corrected chi connectivity index (χ4v) is 11.0. The topological polar surface area (TPSA) is 307 Å². The van der Waals surface area contributed by atoms with Crippen molar-refractivity contribution in [3.8, 4) is 0 Å². The van der Waals surface area contributed by atoms with Gasteiger partial charge in [-0.1, -0.05) is 231 Å². The first-order valence-electron chi connectivity index (χ1n) is 35.4. The van der Waals surface area contributed by atoms with Gasteiger partial charge >= 0.3 is 0 Å². The number of hydrogen-bond acceptors (Lipinski definition) is 18. The second kappa shape index (κ2) is 54.9. The van der Waals surface area contributed by atoms with Gasteiger partial charge in [0.05, 0.1) is 38.6 Å². The molecule has 3 rings (SSSR count). The molecule has 19 nitrogen and oxygen atoms in total. The second-order valence-corrected chi connectivity index (χ2v) is 24.6. The Kier molecular flexibility index (Phi) is 49.1. The lowest BCUT2D eigenvalue weighted by atomic mass is 9.96. The van der Waals surface area contributed by atoms with Gasteiger partial charge in [-0.3, -0.25) is 4.79 Å². The second-order valence-electron chi connectivity index (χ2n) is 24.6. The predicted molar refractivity (Wildman–Crippen MR) is 369 cm³/mol. The third kappa shape index (κ3) is 36.0. The van der Waals surface area contributed by atoms with Gasteiger partial charge in [0.15, 0.2) is 18.9 Å². The first kappa shape index (κ1) is 84.2. The average molecular weight is 1330 g/mol. The van der Waals surface area contributed by atoms with Crippen molar-refractivity contribution in [1.82, 2.24) is 5.32 Å². The number of amides is 1. The van der Waals surface area contributed by atoms with Gasteiger partial charge in [-0.05, 0) is 96.3 Å². The molecule has 94 heavy (non-hydrogen) atoms. The summed E-state index contributed by atoms with van der Waals surface area (Å²) in [5.41, 5.74) is 0. The predicted octanol–water partition coefficient (Wildman–Crippen LogP) is 9.77. The van der Waals surface area contributed by atoms with Gasteiger partial charge in [0.25, 0.3) is 0 Å². The molecule has 3 heterocycles. The van der Waals surface area contributed by atoms with Crippen LogP contribution in [0.15, 0.2) is 134 Å². The molecule has 17 unspecified atom stereocenters. The van der Waals surface area contributed by atoms with Crippen molar-refractivity contribution in [1.29, 1.82) is 0 Å². The summed E-state index contributed by atoms with van der Waals surface area (Å²) < 4.78 is 34.3. The van der Waals surface area contributed by atoms with E-state index >= 15 is 0 Å². The Morgan fingerprint density at radius 1 is 0.394 bits per heavy atom. The number of hydrogen-bond donors (Lipinski definition) is 12. The number of aliphatic hydroxyl groups is 11. The van der Waals surface area contributed by atoms with Crippen LogP contribution in [0.4, 0.5) is 0 Å². The van der Waals surface area contributed by atoms with Crippen molar-refractivity contribution in [2.24, 2.45) is 0 Å². The molecule has 536 valence electrons. The first-order chi connectivity index (χ1) is 45.8. The van der Waals surface area contributed by atoms with Gasteiger partial charge in [0.2, 0.25) is 5.91 Å². The summed E-state index contributed by atoms with van der Waals surface area (Å²) in [4.78, 5) is 13.4. The quantitative estimate of drug-likeness (QED) is 0.0199. The number of nitrogens with one attached hydrogen (secondary N) is 1. The first-order valence-corrected chi connectivity index (χ1v) is 35.4. The molecule has 0 bridgehead atoms. The van der Waals surface area contributed by atoms with Gasteiger partial charge in [0, 0.05) is 6.42 Å². The molecule has 3 saturated heterocycles. The molecule has 1 amide bonds. The van der Waals surface area contributed by atoms with Crippen molar-refractivity contribution >= 4 is 5.91 Å². The normalized spacial score (nSPS) is 28.2. The third-order valence-electron chi connectivity index (χ3n) is 16.7. The minimum Gasteiger partial charge on any atom is -0.394 e. The minimum absolute atomic E-state index is 0.217. The Hall–Kier alpha value is -4.07. The Morgan fingerprint density at radius 2 is 0.734 bits per heavy atom. The summed E-state index contributed by atoms with van der Waals surface area (Å²) in [6.45, 7) is 1.62. The van der Waals surface area contributed by atoms with Crippen LogP contribution in [-0.2, 0) is 33.2 Å². The summed E-state index contributed by atoms with van der Waals surface area (Å²) in [5, 5.41) is 120. The number of unbranched alkanes of at least 4 members (excludes halogenated alkanes) is 14. The van der Waals surface area contributed by atoms with Gasteiger partial charge in [-0.2, -0.15) is 0 Å². The van der Waals surface area contributed by atoms with Crippen LogP contribution in [0.25, 0.3) is 0 Å². The van der Waals surface area contributed by atoms with E-state index in [1.54, 1.807) is 0 Å². The Balaban J connectivity index is 1.37. The third-order valence-corrected chi connectivity index (χ3v) is 16.7. The fraction of sp³-hybridized carbons (Fsp3) is 0.693. The molecule has 3 aliphatic rings. The fourth-order valence-electron chi connectivity index (χ4n) is 11.0. The molecule has 0 aromatic heterocycles. The monoisotopic (exact) mass is 1330 g/mol. The maximum atomic E-state index is 13.4. The van der Waals surface area contributed by atoms with Gasteiger partial charge in [-0.25, -0.2) is 0 Å². The van der Waals surface area contributed by atoms with Crippen LogP contribution in [0.3, 0.4) is 0 Å². The summed E-state index contributed by atoms with van der Waals surface area (Å²) in [5.74, 6) is -0.282. The number of carbonyl (C=O) groups excluding carboxylic acids is 1. The van der Waals surface area contributed by atoms with E-state index in [-0.39, 0.29) is 18.9 Å². The molecule has 17 atom stereocenters. The van der Waals surface area contributed by atoms with Crippen molar-refractivity contribution in [2.75, 3.05) is 26.4 Å². The van der Waals surface area contributed by atoms with Gasteiger partial charge in [0.1, 0.15) is 73.2 Å². The van der Waals surface area contributed by atoms with E-state index in [2.05, 4.69) is 153 Å². The number of ether oxygens (including phenoxy) is 6. The summed E-state index contributed by atoms with van der Waals surface area (Å²) >= 11 is 0. The number of allylic oxidation sites excluding steroid dienone is 22. The molecule has 0 radical (unpaired) electrons. The minimum atomic E-state index is -1.98. The Labute approximate surface area is 562 Å². The highest BCUT2D eigenvalue weighted by Crippen LogP contribution is 2.33. The summed E-state index contributed by atoms with van der Waals surface area (Å²) in [7, 11) is 0. The number of carbonyl (C=O) groups is 1. The molecular weight excluding hydrogens is 1200 g/mol. The molecule has 12 N–H and O–H groups in total. The van der Waals surface area contributed by atoms with Crippen molar-refractivity contribution in [3.05, 3.63) is 134 Å². The van der Waals surface area contributed by atoms with Crippen molar-refractivity contribution in [2.45, 2.75) is 304 Å². The van der Waals surface area contributed by atoms with Crippen LogP contribution in [-0.4, -0.2) is 193 Å². The van der Waals surface area contributed by atoms with Crippen LogP contribution in [0.1, 0.15) is 200 Å². The highest BCUT2D eigenvalue weighted by molar-refractivity contribution is 5.76. The molecular formula is C75H123NO18. The smallest absolute Gasteiger partial charge is 0.220 e. The average Bonchev–Trinajstić information content (AvgIpc) is 0.794. The maximum absolute atomic E-state index is 13.4. The van der Waals surface area contributed by atoms with E-state index in [1.165, 1.54) is 51.4 Å². The van der Waals surface area contributed by atoms with Gasteiger partial charge in [-0.15, -0.1) is 0 Å². The molecule has 0 spiro atoms. The number of aliphatic hydroxyl groups excluding tert-OH is 11. The SMILES string of the molecule is CC/C=C\C/C=C\C/C=C\C/C=C\C/C=C\C/C=C\C/C=C\C/C=C\C/C=C\C/C=C\C/C=C\CCCCCC(=O)NC(COC1OC(CO)C(OC2OC(CO)C(OC3OC(CO)C(O)C(O)C3O)C(O)C2O)C(O)C1O)C(O)CCCCCCCCCCCCCC. The van der Waals surface area contributed by atoms with Gasteiger partial charge < -0.3 is 89.9 Å². The Morgan fingerprint density at radius 3 is 1.14 bits per heavy atom. The van der Waals surface area contributed by atoms with Crippen LogP contribution < -0.4 is 5.32 Å². The lowest BCUT2D eigenvalue weighted by Gasteiger charge is -2.48. The van der Waals surface area contributed by atoms with Crippen molar-refractivity contribution in [3.63, 3.8) is 0 Å². The standard InChI is InChI=1S/C75H123NO18/c1-3-5-7-9-11-13-15-17-18-19-20-21-22-23-24-25-26-27-28-29-30-31-32-33-34-35-36-37-38-39-40-41-43-45-47-49-51-53-63(81)76-58(59(80)52-50-48-46-44-42-16-14-12-10-8-6-4-2)57-89-73-69(87)66(84)71(61(55-78)91-73)94-75-70(88)67(85)72(62(56-79)92-75)93-74-68(86)65(83)64(82)60(54-77)90-74/h5,7,11,13,17-18,20-21,23-24,26-27,29-30,32-33,35-36,38-39,41,43,58-62,64-75,77-80,82-88H,3-4,6,8-10,12,14-16,19,22,25,28,31,34,37,40,42,44-57H2,1-2H3,(H,76,81)/b7-5-,13-11-,18-17-,21-20-,24-23-,27-26-,30-29-,33-32-,36-35-,39-38-,43-41-. The van der Waals surface area contributed by atoms with E-state index in [0.717, 1.165) is 109 Å². The Bertz CT molecular complexity index is 2220. The molecule has 0 aromatic rings. The van der Waals surface area contributed by atoms with E-state index in [0.29, 0.717) is 19.3 Å². The van der Waals surface area contributed by atoms with E-state index < -0.39 is 124 Å². The highest BCUT2D eigenvalue weighted by atomic mass is 16.8. The largest absolute Gasteiger partial charge is 0.394 e. The number of rotatable bonds is 52. The van der Waals surface area contributed by atoms with Crippen molar-refractivity contribution < 1.29 is 89.4 Å². The molecule has 3 aliphatic heterocycles.